The summed E-state index contributed by atoms with van der Waals surface area (Å²) in [4.78, 5) is 2.40. The highest BCUT2D eigenvalue weighted by Crippen LogP contribution is 2.39. The lowest BCUT2D eigenvalue weighted by Crippen LogP contribution is -2.21. The summed E-state index contributed by atoms with van der Waals surface area (Å²) >= 11 is 0. The van der Waals surface area contributed by atoms with E-state index in [2.05, 4.69) is 37.1 Å². The smallest absolute Gasteiger partial charge is 0.126 e. The summed E-state index contributed by atoms with van der Waals surface area (Å²) in [6, 6.07) is 6.93. The maximum Gasteiger partial charge on any atom is 0.126 e. The number of ether oxygens (including phenoxy) is 1. The van der Waals surface area contributed by atoms with E-state index in [4.69, 9.17) is 10.5 Å². The summed E-state index contributed by atoms with van der Waals surface area (Å²) in [7, 11) is 3.95. The van der Waals surface area contributed by atoms with Crippen LogP contribution in [0.3, 0.4) is 0 Å². The Morgan fingerprint density at radius 3 is 2.78 bits per heavy atom. The molecule has 0 aliphatic carbocycles. The third-order valence-electron chi connectivity index (χ3n) is 4.04. The molecule has 1 aromatic carbocycles. The average Bonchev–Trinajstić information content (AvgIpc) is 2.78. The Hall–Kier alpha value is -1.06. The maximum atomic E-state index is 5.81. The summed E-state index contributed by atoms with van der Waals surface area (Å²) in [5.41, 5.74) is 8.41. The minimum Gasteiger partial charge on any atom is -0.496 e. The van der Waals surface area contributed by atoms with Crippen LogP contribution >= 0.6 is 0 Å². The number of nitrogens with zero attached hydrogens (tertiary/aromatic N) is 1. The fourth-order valence-corrected chi connectivity index (χ4v) is 3.03. The second-order valence-electron chi connectivity index (χ2n) is 5.19. The van der Waals surface area contributed by atoms with Crippen LogP contribution < -0.4 is 10.5 Å². The van der Waals surface area contributed by atoms with Gasteiger partial charge in [-0.25, -0.2) is 0 Å². The summed E-state index contributed by atoms with van der Waals surface area (Å²) in [5.74, 6) is 1.67. The third-order valence-corrected chi connectivity index (χ3v) is 4.04. The lowest BCUT2D eigenvalue weighted by molar-refractivity contribution is 0.302. The van der Waals surface area contributed by atoms with Crippen molar-refractivity contribution in [2.75, 3.05) is 27.2 Å². The Bertz CT molecular complexity index is 405. The van der Waals surface area contributed by atoms with E-state index >= 15 is 0 Å². The third kappa shape index (κ3) is 2.38. The van der Waals surface area contributed by atoms with Gasteiger partial charge in [-0.2, -0.15) is 0 Å². The molecule has 1 aliphatic rings. The standard InChI is InChI=1S/C15H24N2O/c1-4-12-6-5-7-13(15(12)18-3)14-8-11(9-16)10-17(14)2/h5-7,11,14H,4,8-10,16H2,1-3H3. The molecule has 2 unspecified atom stereocenters. The van der Waals surface area contributed by atoms with Gasteiger partial charge in [0.1, 0.15) is 5.75 Å². The highest BCUT2D eigenvalue weighted by Gasteiger charge is 2.31. The van der Waals surface area contributed by atoms with E-state index in [1.807, 2.05) is 0 Å². The second kappa shape index (κ2) is 5.72. The highest BCUT2D eigenvalue weighted by molar-refractivity contribution is 5.43. The van der Waals surface area contributed by atoms with Crippen LogP contribution in [0.5, 0.6) is 5.75 Å². The molecule has 2 N–H and O–H groups in total. The van der Waals surface area contributed by atoms with Crippen molar-refractivity contribution in [2.45, 2.75) is 25.8 Å². The molecule has 1 heterocycles. The largest absolute Gasteiger partial charge is 0.496 e. The Morgan fingerprint density at radius 2 is 2.22 bits per heavy atom. The molecule has 100 valence electrons. The predicted octanol–water partition coefficient (Wildman–Crippen LogP) is 2.21. The SMILES string of the molecule is CCc1cccc(C2CC(CN)CN2C)c1OC. The van der Waals surface area contributed by atoms with Crippen molar-refractivity contribution in [3.8, 4) is 5.75 Å². The minimum absolute atomic E-state index is 0.444. The van der Waals surface area contributed by atoms with Gasteiger partial charge >= 0.3 is 0 Å². The van der Waals surface area contributed by atoms with Gasteiger partial charge < -0.3 is 10.5 Å². The van der Waals surface area contributed by atoms with Gasteiger partial charge in [-0.15, -0.1) is 0 Å². The summed E-state index contributed by atoms with van der Waals surface area (Å²) in [6.07, 6.45) is 2.14. The van der Waals surface area contributed by atoms with Crippen molar-refractivity contribution in [2.24, 2.45) is 11.7 Å². The molecule has 1 fully saturated rings. The molecule has 2 rings (SSSR count). The summed E-state index contributed by atoms with van der Waals surface area (Å²) in [6.45, 7) is 4.03. The van der Waals surface area contributed by atoms with Crippen LogP contribution in [0.15, 0.2) is 18.2 Å². The highest BCUT2D eigenvalue weighted by atomic mass is 16.5. The Balaban J connectivity index is 2.33. The van der Waals surface area contributed by atoms with E-state index in [1.54, 1.807) is 7.11 Å². The first kappa shape index (κ1) is 13.4. The first-order valence-electron chi connectivity index (χ1n) is 6.77. The predicted molar refractivity (Wildman–Crippen MR) is 74.9 cm³/mol. The number of rotatable bonds is 4. The Labute approximate surface area is 110 Å². The quantitative estimate of drug-likeness (QED) is 0.888. The zero-order valence-corrected chi connectivity index (χ0v) is 11.6. The number of likely N-dealkylation sites (tertiary alicyclic amines) is 1. The van der Waals surface area contributed by atoms with Crippen LogP contribution in [0.1, 0.15) is 30.5 Å². The van der Waals surface area contributed by atoms with Crippen LogP contribution in [-0.4, -0.2) is 32.1 Å². The van der Waals surface area contributed by atoms with Crippen molar-refractivity contribution in [1.29, 1.82) is 0 Å². The van der Waals surface area contributed by atoms with Crippen molar-refractivity contribution in [3.05, 3.63) is 29.3 Å². The Morgan fingerprint density at radius 1 is 1.44 bits per heavy atom. The molecule has 1 aliphatic heterocycles. The maximum absolute atomic E-state index is 5.81. The van der Waals surface area contributed by atoms with Gasteiger partial charge in [0, 0.05) is 18.2 Å². The van der Waals surface area contributed by atoms with Crippen molar-refractivity contribution >= 4 is 0 Å². The minimum atomic E-state index is 0.444. The molecule has 1 aromatic rings. The number of aryl methyl sites for hydroxylation is 1. The molecular formula is C15H24N2O. The lowest BCUT2D eigenvalue weighted by Gasteiger charge is -2.23. The summed E-state index contributed by atoms with van der Waals surface area (Å²) < 4.78 is 5.64. The van der Waals surface area contributed by atoms with E-state index < -0.39 is 0 Å². The topological polar surface area (TPSA) is 38.5 Å². The first-order valence-corrected chi connectivity index (χ1v) is 6.77. The zero-order valence-electron chi connectivity index (χ0n) is 11.6. The summed E-state index contributed by atoms with van der Waals surface area (Å²) in [5, 5.41) is 0. The molecule has 18 heavy (non-hydrogen) atoms. The van der Waals surface area contributed by atoms with Crippen LogP contribution in [0.25, 0.3) is 0 Å². The van der Waals surface area contributed by atoms with E-state index in [0.717, 1.165) is 31.7 Å². The van der Waals surface area contributed by atoms with Gasteiger partial charge in [0.05, 0.1) is 7.11 Å². The van der Waals surface area contributed by atoms with Crippen LogP contribution in [0.2, 0.25) is 0 Å². The van der Waals surface area contributed by atoms with E-state index in [-0.39, 0.29) is 0 Å². The normalized spacial score (nSPS) is 24.4. The van der Waals surface area contributed by atoms with Gasteiger partial charge in [-0.1, -0.05) is 25.1 Å². The molecule has 3 heteroatoms. The fraction of sp³-hybridized carbons (Fsp3) is 0.600. The molecule has 0 aromatic heterocycles. The number of methoxy groups -OCH3 is 1. The monoisotopic (exact) mass is 248 g/mol. The van der Waals surface area contributed by atoms with E-state index in [0.29, 0.717) is 12.0 Å². The van der Waals surface area contributed by atoms with E-state index in [1.165, 1.54) is 11.1 Å². The molecule has 0 saturated carbocycles. The number of hydrogen-bond donors (Lipinski definition) is 1. The molecule has 0 amide bonds. The van der Waals surface area contributed by atoms with Crippen LogP contribution in [0, 0.1) is 5.92 Å². The first-order chi connectivity index (χ1) is 8.71. The van der Waals surface area contributed by atoms with Crippen LogP contribution in [-0.2, 0) is 6.42 Å². The molecule has 0 bridgehead atoms. The average molecular weight is 248 g/mol. The van der Waals surface area contributed by atoms with Crippen LogP contribution in [0.4, 0.5) is 0 Å². The molecule has 0 radical (unpaired) electrons. The number of hydrogen-bond acceptors (Lipinski definition) is 3. The molecule has 2 atom stereocenters. The lowest BCUT2D eigenvalue weighted by atomic mass is 9.96. The van der Waals surface area contributed by atoms with Gasteiger partial charge in [0.2, 0.25) is 0 Å². The fourth-order valence-electron chi connectivity index (χ4n) is 3.03. The molecule has 1 saturated heterocycles. The molecule has 3 nitrogen and oxygen atoms in total. The molecule has 0 spiro atoms. The second-order valence-corrected chi connectivity index (χ2v) is 5.19. The number of para-hydroxylation sites is 1. The van der Waals surface area contributed by atoms with E-state index in [9.17, 15) is 0 Å². The van der Waals surface area contributed by atoms with Crippen molar-refractivity contribution in [3.63, 3.8) is 0 Å². The Kier molecular flexibility index (Phi) is 4.25. The van der Waals surface area contributed by atoms with Crippen molar-refractivity contribution < 1.29 is 4.74 Å². The van der Waals surface area contributed by atoms with Gasteiger partial charge in [0.25, 0.3) is 0 Å². The van der Waals surface area contributed by atoms with Crippen molar-refractivity contribution in [1.82, 2.24) is 4.90 Å². The van der Waals surface area contributed by atoms with Gasteiger partial charge in [-0.3, -0.25) is 4.90 Å². The van der Waals surface area contributed by atoms with Gasteiger partial charge in [0.15, 0.2) is 0 Å². The number of benzene rings is 1. The molecular weight excluding hydrogens is 224 g/mol. The number of nitrogens with two attached hydrogens (primary N) is 1. The zero-order chi connectivity index (χ0) is 13.1. The van der Waals surface area contributed by atoms with Gasteiger partial charge in [-0.05, 0) is 37.9 Å².